The number of fused-ring (bicyclic) bond motifs is 3. The predicted octanol–water partition coefficient (Wildman–Crippen LogP) is 3.45. The Morgan fingerprint density at radius 1 is 1.17 bits per heavy atom. The average Bonchev–Trinajstić information content (AvgIpc) is 2.37. The van der Waals surface area contributed by atoms with Gasteiger partial charge >= 0.3 is 5.69 Å². The van der Waals surface area contributed by atoms with Gasteiger partial charge in [-0.05, 0) is 22.0 Å². The van der Waals surface area contributed by atoms with Gasteiger partial charge < -0.3 is 0 Å². The molecule has 6 heteroatoms. The Morgan fingerprint density at radius 2 is 1.94 bits per heavy atom. The first-order valence-electron chi connectivity index (χ1n) is 5.15. The van der Waals surface area contributed by atoms with Gasteiger partial charge in [0, 0.05) is 23.0 Å². The minimum Gasteiger partial charge on any atom is -0.258 e. The van der Waals surface area contributed by atoms with Crippen molar-refractivity contribution < 1.29 is 4.92 Å². The third-order valence-electron chi connectivity index (χ3n) is 2.69. The molecule has 0 saturated heterocycles. The van der Waals surface area contributed by atoms with Crippen LogP contribution in [0.1, 0.15) is 0 Å². The number of pyridine rings is 2. The van der Waals surface area contributed by atoms with Gasteiger partial charge in [0.1, 0.15) is 0 Å². The van der Waals surface area contributed by atoms with Crippen LogP contribution in [-0.4, -0.2) is 14.9 Å². The predicted molar refractivity (Wildman–Crippen MR) is 71.4 cm³/mol. The highest BCUT2D eigenvalue weighted by atomic mass is 79.9. The quantitative estimate of drug-likeness (QED) is 0.299. The first-order chi connectivity index (χ1) is 8.66. The molecular weight excluding hydrogens is 298 g/mol. The van der Waals surface area contributed by atoms with Gasteiger partial charge in [0.25, 0.3) is 0 Å². The van der Waals surface area contributed by atoms with E-state index in [2.05, 4.69) is 25.9 Å². The second-order valence-corrected chi connectivity index (χ2v) is 4.52. The molecule has 0 radical (unpaired) electrons. The molecule has 0 spiro atoms. The molecule has 0 amide bonds. The number of halogens is 1. The highest BCUT2D eigenvalue weighted by Gasteiger charge is 2.15. The second-order valence-electron chi connectivity index (χ2n) is 3.77. The van der Waals surface area contributed by atoms with Crippen LogP contribution in [0.5, 0.6) is 0 Å². The number of aromatic nitrogens is 2. The molecule has 1 aromatic carbocycles. The lowest BCUT2D eigenvalue weighted by atomic mass is 10.1. The summed E-state index contributed by atoms with van der Waals surface area (Å²) in [5.74, 6) is 0. The van der Waals surface area contributed by atoms with Gasteiger partial charge in [-0.2, -0.15) is 0 Å². The van der Waals surface area contributed by atoms with Crippen molar-refractivity contribution in [3.63, 3.8) is 0 Å². The molecule has 88 valence electrons. The van der Waals surface area contributed by atoms with Crippen molar-refractivity contribution in [2.75, 3.05) is 0 Å². The Balaban J connectivity index is 2.46. The van der Waals surface area contributed by atoms with E-state index in [0.717, 1.165) is 10.9 Å². The fourth-order valence-electron chi connectivity index (χ4n) is 1.87. The second kappa shape index (κ2) is 3.99. The zero-order valence-electron chi connectivity index (χ0n) is 9.00. The summed E-state index contributed by atoms with van der Waals surface area (Å²) in [4.78, 5) is 18.9. The van der Waals surface area contributed by atoms with E-state index in [0.29, 0.717) is 10.9 Å². The number of benzene rings is 1. The van der Waals surface area contributed by atoms with Crippen molar-refractivity contribution in [3.8, 4) is 0 Å². The van der Waals surface area contributed by atoms with Gasteiger partial charge in [0.05, 0.1) is 16.0 Å². The molecule has 18 heavy (non-hydrogen) atoms. The number of hydrogen-bond acceptors (Lipinski definition) is 4. The smallest absolute Gasteiger partial charge is 0.258 e. The van der Waals surface area contributed by atoms with Gasteiger partial charge in [-0.1, -0.05) is 18.2 Å². The molecular formula is C12H6BrN3O2. The summed E-state index contributed by atoms with van der Waals surface area (Å²) < 4.78 is 0.221. The number of nitro groups is 1. The number of hydrogen-bond donors (Lipinski definition) is 0. The largest absolute Gasteiger partial charge is 0.302 e. The fourth-order valence-corrected chi connectivity index (χ4v) is 2.31. The zero-order chi connectivity index (χ0) is 12.7. The molecule has 0 bridgehead atoms. The number of rotatable bonds is 1. The summed E-state index contributed by atoms with van der Waals surface area (Å²) in [7, 11) is 0. The van der Waals surface area contributed by atoms with Crippen molar-refractivity contribution in [1.29, 1.82) is 0 Å². The molecule has 3 rings (SSSR count). The molecule has 2 aromatic heterocycles. The van der Waals surface area contributed by atoms with Crippen LogP contribution in [0.15, 0.2) is 41.1 Å². The SMILES string of the molecule is O=[N+]([O-])c1cc2ccc3cccnc3c2nc1Br. The summed E-state index contributed by atoms with van der Waals surface area (Å²) in [5, 5.41) is 12.5. The lowest BCUT2D eigenvalue weighted by Gasteiger charge is -2.03. The monoisotopic (exact) mass is 303 g/mol. The maximum Gasteiger partial charge on any atom is 0.302 e. The first kappa shape index (κ1) is 11.0. The third kappa shape index (κ3) is 1.62. The molecule has 0 aliphatic carbocycles. The molecule has 0 saturated carbocycles. The van der Waals surface area contributed by atoms with Crippen molar-refractivity contribution in [2.45, 2.75) is 0 Å². The van der Waals surface area contributed by atoms with E-state index in [1.54, 1.807) is 6.20 Å². The van der Waals surface area contributed by atoms with Crippen molar-refractivity contribution >= 4 is 43.4 Å². The summed E-state index contributed by atoms with van der Waals surface area (Å²) in [6.45, 7) is 0. The molecule has 0 aliphatic rings. The lowest BCUT2D eigenvalue weighted by molar-refractivity contribution is -0.385. The highest BCUT2D eigenvalue weighted by molar-refractivity contribution is 9.10. The van der Waals surface area contributed by atoms with Crippen LogP contribution in [0.2, 0.25) is 0 Å². The minimum absolute atomic E-state index is 0.0437. The van der Waals surface area contributed by atoms with Gasteiger partial charge in [0.2, 0.25) is 0 Å². The first-order valence-corrected chi connectivity index (χ1v) is 5.94. The zero-order valence-corrected chi connectivity index (χ0v) is 10.6. The van der Waals surface area contributed by atoms with Crippen LogP contribution in [0.25, 0.3) is 21.8 Å². The van der Waals surface area contributed by atoms with E-state index < -0.39 is 4.92 Å². The van der Waals surface area contributed by atoms with Crippen LogP contribution >= 0.6 is 15.9 Å². The molecule has 2 heterocycles. The summed E-state index contributed by atoms with van der Waals surface area (Å²) >= 11 is 3.12. The van der Waals surface area contributed by atoms with Gasteiger partial charge in [0.15, 0.2) is 4.60 Å². The maximum atomic E-state index is 10.8. The van der Waals surface area contributed by atoms with E-state index in [9.17, 15) is 10.1 Å². The summed E-state index contributed by atoms with van der Waals surface area (Å²) in [6, 6.07) is 8.96. The van der Waals surface area contributed by atoms with Crippen molar-refractivity contribution in [1.82, 2.24) is 9.97 Å². The Kier molecular flexibility index (Phi) is 2.45. The van der Waals surface area contributed by atoms with Gasteiger partial charge in [-0.25, -0.2) is 4.98 Å². The topological polar surface area (TPSA) is 68.9 Å². The van der Waals surface area contributed by atoms with Crippen molar-refractivity contribution in [3.05, 3.63) is 51.2 Å². The van der Waals surface area contributed by atoms with Crippen molar-refractivity contribution in [2.24, 2.45) is 0 Å². The van der Waals surface area contributed by atoms with Crippen LogP contribution < -0.4 is 0 Å². The average molecular weight is 304 g/mol. The lowest BCUT2D eigenvalue weighted by Crippen LogP contribution is -1.93. The van der Waals surface area contributed by atoms with Crippen LogP contribution in [-0.2, 0) is 0 Å². The Bertz CT molecular complexity index is 789. The molecule has 0 fully saturated rings. The fraction of sp³-hybridized carbons (Fsp3) is 0. The third-order valence-corrected chi connectivity index (χ3v) is 3.27. The highest BCUT2D eigenvalue weighted by Crippen LogP contribution is 2.30. The number of nitrogens with zero attached hydrogens (tertiary/aromatic N) is 3. The Hall–Kier alpha value is -2.08. The molecule has 0 N–H and O–H groups in total. The Morgan fingerprint density at radius 3 is 2.72 bits per heavy atom. The van der Waals surface area contributed by atoms with Crippen LogP contribution in [0.4, 0.5) is 5.69 Å². The van der Waals surface area contributed by atoms with Gasteiger partial charge in [-0.3, -0.25) is 15.1 Å². The molecule has 0 atom stereocenters. The van der Waals surface area contributed by atoms with Crippen LogP contribution in [0, 0.1) is 10.1 Å². The minimum atomic E-state index is -0.459. The van der Waals surface area contributed by atoms with E-state index in [1.165, 1.54) is 6.07 Å². The van der Waals surface area contributed by atoms with E-state index in [4.69, 9.17) is 0 Å². The van der Waals surface area contributed by atoms with Crippen LogP contribution in [0.3, 0.4) is 0 Å². The van der Waals surface area contributed by atoms with E-state index in [-0.39, 0.29) is 10.3 Å². The maximum absolute atomic E-state index is 10.8. The Labute approximate surface area is 110 Å². The van der Waals surface area contributed by atoms with Gasteiger partial charge in [-0.15, -0.1) is 0 Å². The summed E-state index contributed by atoms with van der Waals surface area (Å²) in [6.07, 6.45) is 1.68. The normalized spacial score (nSPS) is 10.9. The molecule has 5 nitrogen and oxygen atoms in total. The standard InChI is InChI=1S/C12H6BrN3O2/c13-12-9(16(17)18)6-8-4-3-7-2-1-5-14-10(7)11(8)15-12/h1-6H. The molecule has 0 aliphatic heterocycles. The van der Waals surface area contributed by atoms with E-state index in [1.807, 2.05) is 24.3 Å². The van der Waals surface area contributed by atoms with E-state index >= 15 is 0 Å². The summed E-state index contributed by atoms with van der Waals surface area (Å²) in [5.41, 5.74) is 1.36. The molecule has 3 aromatic rings. The molecule has 0 unspecified atom stereocenters.